The molecule has 0 saturated carbocycles. The highest BCUT2D eigenvalue weighted by Crippen LogP contribution is 2.32. The van der Waals surface area contributed by atoms with Crippen LogP contribution in [0.5, 0.6) is 17.2 Å². The minimum Gasteiger partial charge on any atom is -0.507 e. The molecule has 2 aromatic rings. The van der Waals surface area contributed by atoms with Gasteiger partial charge in [0.15, 0.2) is 17.3 Å². The van der Waals surface area contributed by atoms with Crippen LogP contribution in [0.4, 0.5) is 0 Å². The number of ether oxygens (including phenoxy) is 2. The number of aromatic hydroxyl groups is 1. The van der Waals surface area contributed by atoms with Gasteiger partial charge in [0, 0.05) is 4.90 Å². The van der Waals surface area contributed by atoms with Crippen LogP contribution in [0.15, 0.2) is 47.4 Å². The molecule has 0 spiro atoms. The van der Waals surface area contributed by atoms with Crippen molar-refractivity contribution in [3.8, 4) is 17.2 Å². The normalized spacial score (nSPS) is 10.2. The lowest BCUT2D eigenvalue weighted by Crippen LogP contribution is -2.02. The molecule has 0 amide bonds. The Kier molecular flexibility index (Phi) is 5.11. The van der Waals surface area contributed by atoms with E-state index in [4.69, 9.17) is 9.47 Å². The van der Waals surface area contributed by atoms with E-state index in [9.17, 15) is 9.90 Å². The van der Waals surface area contributed by atoms with Gasteiger partial charge in [0.2, 0.25) is 0 Å². The maximum atomic E-state index is 12.1. The van der Waals surface area contributed by atoms with Gasteiger partial charge in [-0.25, -0.2) is 0 Å². The number of thioether (sulfide) groups is 1. The van der Waals surface area contributed by atoms with E-state index in [0.29, 0.717) is 17.1 Å². The average molecular weight is 304 g/mol. The number of hydrogen-bond acceptors (Lipinski definition) is 5. The van der Waals surface area contributed by atoms with Crippen molar-refractivity contribution in [2.75, 3.05) is 20.0 Å². The van der Waals surface area contributed by atoms with Gasteiger partial charge < -0.3 is 14.6 Å². The molecule has 0 radical (unpaired) electrons. The molecular formula is C16H16O4S. The molecule has 0 heterocycles. The van der Waals surface area contributed by atoms with Gasteiger partial charge in [-0.3, -0.25) is 4.79 Å². The fourth-order valence-corrected chi connectivity index (χ4v) is 2.65. The first-order valence-corrected chi connectivity index (χ1v) is 7.30. The molecule has 0 aromatic heterocycles. The number of phenols is 1. The van der Waals surface area contributed by atoms with E-state index in [1.54, 1.807) is 38.5 Å². The van der Waals surface area contributed by atoms with E-state index in [-0.39, 0.29) is 17.3 Å². The Morgan fingerprint density at radius 3 is 2.48 bits per heavy atom. The minimum absolute atomic E-state index is 0.00964. The Hall–Kier alpha value is -2.14. The van der Waals surface area contributed by atoms with E-state index in [1.165, 1.54) is 17.8 Å². The molecule has 5 heteroatoms. The van der Waals surface area contributed by atoms with Crippen molar-refractivity contribution in [3.05, 3.63) is 48.0 Å². The van der Waals surface area contributed by atoms with Gasteiger partial charge in [-0.05, 0) is 30.3 Å². The Morgan fingerprint density at radius 1 is 1.10 bits per heavy atom. The van der Waals surface area contributed by atoms with Crippen molar-refractivity contribution >= 4 is 17.5 Å². The van der Waals surface area contributed by atoms with E-state index < -0.39 is 0 Å². The number of benzene rings is 2. The molecule has 2 rings (SSSR count). The quantitative estimate of drug-likeness (QED) is 0.655. The molecule has 21 heavy (non-hydrogen) atoms. The molecule has 0 aliphatic rings. The maximum Gasteiger partial charge on any atom is 0.176 e. The number of para-hydroxylation sites is 1. The third kappa shape index (κ3) is 3.70. The molecule has 2 aromatic carbocycles. The molecule has 0 saturated heterocycles. The van der Waals surface area contributed by atoms with Crippen molar-refractivity contribution < 1.29 is 19.4 Å². The van der Waals surface area contributed by atoms with Crippen LogP contribution in [0.2, 0.25) is 0 Å². The SMILES string of the molecule is COc1ccc(SCC(=O)c2ccccc2O)cc1OC. The monoisotopic (exact) mass is 304 g/mol. The third-order valence-electron chi connectivity index (χ3n) is 2.93. The molecule has 0 aliphatic carbocycles. The van der Waals surface area contributed by atoms with Gasteiger partial charge in [-0.15, -0.1) is 11.8 Å². The van der Waals surface area contributed by atoms with Crippen molar-refractivity contribution in [2.24, 2.45) is 0 Å². The molecule has 0 bridgehead atoms. The van der Waals surface area contributed by atoms with Gasteiger partial charge in [-0.2, -0.15) is 0 Å². The first kappa shape index (κ1) is 15.3. The van der Waals surface area contributed by atoms with E-state index in [0.717, 1.165) is 4.90 Å². The zero-order valence-corrected chi connectivity index (χ0v) is 12.6. The van der Waals surface area contributed by atoms with Crippen LogP contribution in [0.1, 0.15) is 10.4 Å². The van der Waals surface area contributed by atoms with Crippen LogP contribution in [-0.2, 0) is 0 Å². The number of methoxy groups -OCH3 is 2. The van der Waals surface area contributed by atoms with Crippen LogP contribution >= 0.6 is 11.8 Å². The van der Waals surface area contributed by atoms with Crippen molar-refractivity contribution in [1.82, 2.24) is 0 Å². The number of hydrogen-bond donors (Lipinski definition) is 1. The highest BCUT2D eigenvalue weighted by molar-refractivity contribution is 8.00. The first-order valence-electron chi connectivity index (χ1n) is 6.31. The van der Waals surface area contributed by atoms with Crippen molar-refractivity contribution in [1.29, 1.82) is 0 Å². The summed E-state index contributed by atoms with van der Waals surface area (Å²) < 4.78 is 10.4. The molecular weight excluding hydrogens is 288 g/mol. The molecule has 0 fully saturated rings. The summed E-state index contributed by atoms with van der Waals surface area (Å²) in [6.07, 6.45) is 0. The van der Waals surface area contributed by atoms with Gasteiger partial charge >= 0.3 is 0 Å². The second-order valence-electron chi connectivity index (χ2n) is 4.25. The number of rotatable bonds is 6. The van der Waals surface area contributed by atoms with E-state index in [1.807, 2.05) is 12.1 Å². The van der Waals surface area contributed by atoms with Crippen LogP contribution in [0, 0.1) is 0 Å². The van der Waals surface area contributed by atoms with Crippen molar-refractivity contribution in [3.63, 3.8) is 0 Å². The first-order chi connectivity index (χ1) is 10.2. The predicted molar refractivity (Wildman–Crippen MR) is 82.7 cm³/mol. The topological polar surface area (TPSA) is 55.8 Å². The smallest absolute Gasteiger partial charge is 0.176 e. The maximum absolute atomic E-state index is 12.1. The fourth-order valence-electron chi connectivity index (χ4n) is 1.84. The zero-order valence-electron chi connectivity index (χ0n) is 11.8. The van der Waals surface area contributed by atoms with Crippen molar-refractivity contribution in [2.45, 2.75) is 4.90 Å². The highest BCUT2D eigenvalue weighted by atomic mass is 32.2. The summed E-state index contributed by atoms with van der Waals surface area (Å²) in [6.45, 7) is 0. The summed E-state index contributed by atoms with van der Waals surface area (Å²) in [5.74, 6) is 1.40. The van der Waals surface area contributed by atoms with Gasteiger partial charge in [0.1, 0.15) is 5.75 Å². The summed E-state index contributed by atoms with van der Waals surface area (Å²) in [4.78, 5) is 13.0. The summed E-state index contributed by atoms with van der Waals surface area (Å²) >= 11 is 1.38. The number of carbonyl (C=O) groups excluding carboxylic acids is 1. The highest BCUT2D eigenvalue weighted by Gasteiger charge is 2.12. The van der Waals surface area contributed by atoms with E-state index >= 15 is 0 Å². The lowest BCUT2D eigenvalue weighted by Gasteiger charge is -2.09. The minimum atomic E-state index is -0.118. The van der Waals surface area contributed by atoms with Gasteiger partial charge in [0.25, 0.3) is 0 Å². The molecule has 1 N–H and O–H groups in total. The van der Waals surface area contributed by atoms with Crippen LogP contribution < -0.4 is 9.47 Å². The second kappa shape index (κ2) is 7.04. The fraction of sp³-hybridized carbons (Fsp3) is 0.188. The largest absolute Gasteiger partial charge is 0.507 e. The number of ketones is 1. The van der Waals surface area contributed by atoms with E-state index in [2.05, 4.69) is 0 Å². The Morgan fingerprint density at radius 2 is 1.81 bits per heavy atom. The Labute approximate surface area is 127 Å². The lowest BCUT2D eigenvalue weighted by atomic mass is 10.1. The van der Waals surface area contributed by atoms with Crippen LogP contribution in [0.25, 0.3) is 0 Å². The zero-order chi connectivity index (χ0) is 15.2. The van der Waals surface area contributed by atoms with Gasteiger partial charge in [-0.1, -0.05) is 12.1 Å². The standard InChI is InChI=1S/C16H16O4S/c1-19-15-8-7-11(9-16(15)20-2)21-10-14(18)12-5-3-4-6-13(12)17/h3-9,17H,10H2,1-2H3. The summed E-state index contributed by atoms with van der Waals surface area (Å²) in [5.41, 5.74) is 0.338. The Balaban J connectivity index is 2.06. The number of carbonyl (C=O) groups is 1. The van der Waals surface area contributed by atoms with Crippen LogP contribution in [-0.4, -0.2) is 30.9 Å². The molecule has 0 aliphatic heterocycles. The lowest BCUT2D eigenvalue weighted by molar-refractivity contribution is 0.102. The number of Topliss-reactive ketones (excluding diaryl/α,β-unsaturated/α-hetero) is 1. The molecule has 0 atom stereocenters. The Bertz CT molecular complexity index is 640. The summed E-state index contributed by atoms with van der Waals surface area (Å²) in [5, 5.41) is 9.66. The summed E-state index contributed by atoms with van der Waals surface area (Å²) in [6, 6.07) is 12.0. The average Bonchev–Trinajstić information content (AvgIpc) is 2.52. The second-order valence-corrected chi connectivity index (χ2v) is 5.29. The number of phenolic OH excluding ortho intramolecular Hbond substituents is 1. The predicted octanol–water partition coefficient (Wildman–Crippen LogP) is 3.38. The molecule has 110 valence electrons. The molecule has 0 unspecified atom stereocenters. The third-order valence-corrected chi connectivity index (χ3v) is 3.92. The molecule has 4 nitrogen and oxygen atoms in total. The summed E-state index contributed by atoms with van der Waals surface area (Å²) in [7, 11) is 3.14. The van der Waals surface area contributed by atoms with Crippen LogP contribution in [0.3, 0.4) is 0 Å². The van der Waals surface area contributed by atoms with Gasteiger partial charge in [0.05, 0.1) is 25.5 Å².